The van der Waals surface area contributed by atoms with E-state index in [1.807, 2.05) is 13.8 Å². The fraction of sp³-hybridized carbons (Fsp3) is 1.00. The molecule has 1 aliphatic heterocycles. The van der Waals surface area contributed by atoms with Gasteiger partial charge in [-0.1, -0.05) is 0 Å². The molecule has 2 heteroatoms. The number of rotatable bonds is 1. The fourth-order valence-corrected chi connectivity index (χ4v) is 1.19. The van der Waals surface area contributed by atoms with Gasteiger partial charge >= 0.3 is 0 Å². The van der Waals surface area contributed by atoms with Gasteiger partial charge in [0.1, 0.15) is 0 Å². The summed E-state index contributed by atoms with van der Waals surface area (Å²) in [6.45, 7) is 4.09. The van der Waals surface area contributed by atoms with Gasteiger partial charge in [-0.05, 0) is 13.8 Å². The molecule has 1 fully saturated rings. The third-order valence-corrected chi connectivity index (χ3v) is 1.54. The van der Waals surface area contributed by atoms with Crippen LogP contribution in [-0.4, -0.2) is 23.4 Å². The van der Waals surface area contributed by atoms with Crippen molar-refractivity contribution in [3.05, 3.63) is 0 Å². The Balaban J connectivity index is 2.30. The SMILES string of the molecule is C[C@H]1C[C@@](C)(CO)O1. The smallest absolute Gasteiger partial charge is 0.0912 e. The summed E-state index contributed by atoms with van der Waals surface area (Å²) in [7, 11) is 0. The molecule has 0 saturated carbocycles. The van der Waals surface area contributed by atoms with Gasteiger partial charge < -0.3 is 9.84 Å². The Morgan fingerprint density at radius 3 is 2.50 bits per heavy atom. The van der Waals surface area contributed by atoms with Crippen molar-refractivity contribution in [1.29, 1.82) is 0 Å². The Labute approximate surface area is 49.5 Å². The third kappa shape index (κ3) is 0.858. The maximum absolute atomic E-state index is 8.64. The van der Waals surface area contributed by atoms with Crippen LogP contribution in [0.3, 0.4) is 0 Å². The number of hydrogen-bond acceptors (Lipinski definition) is 2. The summed E-state index contributed by atoms with van der Waals surface area (Å²) in [6, 6.07) is 0. The van der Waals surface area contributed by atoms with Crippen LogP contribution < -0.4 is 0 Å². The van der Waals surface area contributed by atoms with Crippen LogP contribution in [0, 0.1) is 0 Å². The molecule has 0 amide bonds. The Kier molecular flexibility index (Phi) is 1.29. The number of hydrogen-bond donors (Lipinski definition) is 1. The van der Waals surface area contributed by atoms with Crippen LogP contribution in [-0.2, 0) is 4.74 Å². The molecule has 0 radical (unpaired) electrons. The second kappa shape index (κ2) is 1.71. The van der Waals surface area contributed by atoms with Crippen molar-refractivity contribution < 1.29 is 9.84 Å². The minimum atomic E-state index is -0.209. The molecule has 0 aromatic rings. The predicted octanol–water partition coefficient (Wildman–Crippen LogP) is 0.546. The zero-order chi connectivity index (χ0) is 6.20. The van der Waals surface area contributed by atoms with E-state index in [9.17, 15) is 0 Å². The Morgan fingerprint density at radius 1 is 1.88 bits per heavy atom. The summed E-state index contributed by atoms with van der Waals surface area (Å²) in [5.41, 5.74) is -0.209. The number of ether oxygens (including phenoxy) is 1. The molecule has 0 aliphatic carbocycles. The summed E-state index contributed by atoms with van der Waals surface area (Å²) in [4.78, 5) is 0. The molecule has 0 spiro atoms. The van der Waals surface area contributed by atoms with Gasteiger partial charge in [0.15, 0.2) is 0 Å². The highest BCUT2D eigenvalue weighted by Crippen LogP contribution is 2.30. The highest BCUT2D eigenvalue weighted by atomic mass is 16.5. The van der Waals surface area contributed by atoms with E-state index < -0.39 is 0 Å². The van der Waals surface area contributed by atoms with Crippen LogP contribution in [0.25, 0.3) is 0 Å². The normalized spacial score (nSPS) is 46.1. The van der Waals surface area contributed by atoms with E-state index in [-0.39, 0.29) is 12.2 Å². The van der Waals surface area contributed by atoms with Gasteiger partial charge in [0.05, 0.1) is 18.3 Å². The second-order valence-corrected chi connectivity index (χ2v) is 2.74. The summed E-state index contributed by atoms with van der Waals surface area (Å²) in [5.74, 6) is 0. The van der Waals surface area contributed by atoms with Gasteiger partial charge in [-0.15, -0.1) is 0 Å². The molecule has 8 heavy (non-hydrogen) atoms. The van der Waals surface area contributed by atoms with Crippen LogP contribution in [0.4, 0.5) is 0 Å². The van der Waals surface area contributed by atoms with Crippen LogP contribution in [0.15, 0.2) is 0 Å². The van der Waals surface area contributed by atoms with Crippen molar-refractivity contribution in [3.8, 4) is 0 Å². The van der Waals surface area contributed by atoms with E-state index in [4.69, 9.17) is 9.84 Å². The molecule has 1 N–H and O–H groups in total. The Morgan fingerprint density at radius 2 is 2.38 bits per heavy atom. The van der Waals surface area contributed by atoms with Crippen molar-refractivity contribution in [1.82, 2.24) is 0 Å². The summed E-state index contributed by atoms with van der Waals surface area (Å²) < 4.78 is 5.23. The van der Waals surface area contributed by atoms with Gasteiger partial charge in [0, 0.05) is 6.42 Å². The van der Waals surface area contributed by atoms with Crippen LogP contribution >= 0.6 is 0 Å². The highest BCUT2D eigenvalue weighted by Gasteiger charge is 2.37. The standard InChI is InChI=1S/C6H12O2/c1-5-3-6(2,4-7)8-5/h5,7H,3-4H2,1-2H3/t5-,6-/m0/s1. The molecule has 0 aromatic carbocycles. The predicted molar refractivity (Wildman–Crippen MR) is 30.7 cm³/mol. The summed E-state index contributed by atoms with van der Waals surface area (Å²) >= 11 is 0. The molecule has 1 heterocycles. The zero-order valence-electron chi connectivity index (χ0n) is 5.35. The van der Waals surface area contributed by atoms with Crippen LogP contribution in [0.5, 0.6) is 0 Å². The van der Waals surface area contributed by atoms with E-state index in [0.717, 1.165) is 6.42 Å². The quantitative estimate of drug-likeness (QED) is 0.542. The van der Waals surface area contributed by atoms with E-state index in [1.54, 1.807) is 0 Å². The van der Waals surface area contributed by atoms with Gasteiger partial charge in [0.2, 0.25) is 0 Å². The minimum Gasteiger partial charge on any atom is -0.393 e. The number of aliphatic hydroxyl groups is 1. The molecule has 1 saturated heterocycles. The van der Waals surface area contributed by atoms with Crippen LogP contribution in [0.2, 0.25) is 0 Å². The number of aliphatic hydroxyl groups excluding tert-OH is 1. The minimum absolute atomic E-state index is 0.150. The van der Waals surface area contributed by atoms with Crippen molar-refractivity contribution in [3.63, 3.8) is 0 Å². The maximum Gasteiger partial charge on any atom is 0.0912 e. The second-order valence-electron chi connectivity index (χ2n) is 2.74. The first-order valence-electron chi connectivity index (χ1n) is 2.95. The molecule has 1 aliphatic rings. The average molecular weight is 116 g/mol. The van der Waals surface area contributed by atoms with Crippen molar-refractivity contribution in [2.75, 3.05) is 6.61 Å². The highest BCUT2D eigenvalue weighted by molar-refractivity contribution is 4.86. The van der Waals surface area contributed by atoms with Gasteiger partial charge in [0.25, 0.3) is 0 Å². The van der Waals surface area contributed by atoms with E-state index >= 15 is 0 Å². The fourth-order valence-electron chi connectivity index (χ4n) is 1.19. The van der Waals surface area contributed by atoms with Gasteiger partial charge in [-0.3, -0.25) is 0 Å². The molecule has 2 atom stereocenters. The maximum atomic E-state index is 8.64. The largest absolute Gasteiger partial charge is 0.393 e. The Hall–Kier alpha value is -0.0800. The van der Waals surface area contributed by atoms with Gasteiger partial charge in [-0.25, -0.2) is 0 Å². The third-order valence-electron chi connectivity index (χ3n) is 1.54. The first-order valence-corrected chi connectivity index (χ1v) is 2.95. The molecule has 48 valence electrons. The van der Waals surface area contributed by atoms with E-state index in [1.165, 1.54) is 0 Å². The molecule has 0 aromatic heterocycles. The lowest BCUT2D eigenvalue weighted by molar-refractivity contribution is -0.204. The summed E-state index contributed by atoms with van der Waals surface area (Å²) in [6.07, 6.45) is 1.34. The zero-order valence-corrected chi connectivity index (χ0v) is 5.35. The molecular formula is C6H12O2. The monoisotopic (exact) mass is 116 g/mol. The first-order chi connectivity index (χ1) is 3.66. The lowest BCUT2D eigenvalue weighted by Crippen LogP contribution is -2.49. The van der Waals surface area contributed by atoms with Gasteiger partial charge in [-0.2, -0.15) is 0 Å². The topological polar surface area (TPSA) is 29.5 Å². The first kappa shape index (κ1) is 6.05. The van der Waals surface area contributed by atoms with Crippen molar-refractivity contribution in [2.24, 2.45) is 0 Å². The lowest BCUT2D eigenvalue weighted by atomic mass is 9.93. The van der Waals surface area contributed by atoms with E-state index in [2.05, 4.69) is 0 Å². The Bertz CT molecular complexity index is 84.5. The molecule has 2 nitrogen and oxygen atoms in total. The average Bonchev–Trinajstić information content (AvgIpc) is 1.63. The lowest BCUT2D eigenvalue weighted by Gasteiger charge is -2.42. The van der Waals surface area contributed by atoms with Crippen molar-refractivity contribution in [2.45, 2.75) is 32.0 Å². The summed E-state index contributed by atoms with van der Waals surface area (Å²) in [5, 5.41) is 8.64. The van der Waals surface area contributed by atoms with Crippen molar-refractivity contribution >= 4 is 0 Å². The molecular weight excluding hydrogens is 104 g/mol. The van der Waals surface area contributed by atoms with E-state index in [0.29, 0.717) is 6.10 Å². The van der Waals surface area contributed by atoms with Crippen LogP contribution in [0.1, 0.15) is 20.3 Å². The molecule has 0 bridgehead atoms. The molecule has 0 unspecified atom stereocenters. The molecule has 1 rings (SSSR count).